The molecule has 1 saturated heterocycles. The maximum Gasteiger partial charge on any atom is 0.338 e. The number of nitro benzene ring substituents is 1. The number of carbonyl (C=O) groups excluding carboxylic acids is 5. The second-order valence-corrected chi connectivity index (χ2v) is 7.57. The van der Waals surface area contributed by atoms with Crippen molar-refractivity contribution in [2.24, 2.45) is 5.92 Å². The summed E-state index contributed by atoms with van der Waals surface area (Å²) in [6.45, 7) is 1.07. The van der Waals surface area contributed by atoms with E-state index < -0.39 is 52.8 Å². The first-order chi connectivity index (χ1) is 17.2. The van der Waals surface area contributed by atoms with Gasteiger partial charge in [-0.3, -0.25) is 39.7 Å². The van der Waals surface area contributed by atoms with Gasteiger partial charge in [0.1, 0.15) is 5.56 Å². The fourth-order valence-electron chi connectivity index (χ4n) is 3.34. The van der Waals surface area contributed by atoms with Gasteiger partial charge < -0.3 is 14.8 Å². The number of para-hydroxylation sites is 1. The zero-order valence-corrected chi connectivity index (χ0v) is 19.1. The number of esters is 2. The lowest BCUT2D eigenvalue weighted by Crippen LogP contribution is -2.43. The molecule has 1 fully saturated rings. The Morgan fingerprint density at radius 2 is 1.78 bits per heavy atom. The Morgan fingerprint density at radius 1 is 1.08 bits per heavy atom. The van der Waals surface area contributed by atoms with Gasteiger partial charge in [0.25, 0.3) is 17.5 Å². The van der Waals surface area contributed by atoms with E-state index in [1.807, 2.05) is 0 Å². The molecule has 13 heteroatoms. The van der Waals surface area contributed by atoms with Crippen LogP contribution < -0.4 is 10.7 Å². The summed E-state index contributed by atoms with van der Waals surface area (Å²) < 4.78 is 9.86. The minimum absolute atomic E-state index is 0.221. The number of benzene rings is 2. The van der Waals surface area contributed by atoms with E-state index in [1.54, 1.807) is 6.92 Å². The van der Waals surface area contributed by atoms with Gasteiger partial charge in [-0.05, 0) is 37.3 Å². The summed E-state index contributed by atoms with van der Waals surface area (Å²) in [6, 6.07) is 11.1. The first kappa shape index (κ1) is 25.8. The lowest BCUT2D eigenvalue weighted by molar-refractivity contribution is -0.385. The van der Waals surface area contributed by atoms with Crippen molar-refractivity contribution in [2.75, 3.05) is 25.1 Å². The van der Waals surface area contributed by atoms with Crippen molar-refractivity contribution in [1.29, 1.82) is 0 Å². The molecule has 0 bridgehead atoms. The van der Waals surface area contributed by atoms with Crippen molar-refractivity contribution in [3.63, 3.8) is 0 Å². The molecular formula is C23H22N4O9. The summed E-state index contributed by atoms with van der Waals surface area (Å²) in [5, 5.41) is 14.5. The topological polar surface area (TPSA) is 174 Å². The van der Waals surface area contributed by atoms with Crippen LogP contribution in [0.4, 0.5) is 11.4 Å². The van der Waals surface area contributed by atoms with E-state index in [2.05, 4.69) is 10.7 Å². The third-order valence-corrected chi connectivity index (χ3v) is 5.07. The minimum Gasteiger partial charge on any atom is -0.462 e. The molecular weight excluding hydrogens is 476 g/mol. The van der Waals surface area contributed by atoms with Crippen LogP contribution in [-0.2, 0) is 23.9 Å². The monoisotopic (exact) mass is 498 g/mol. The van der Waals surface area contributed by atoms with Crippen LogP contribution in [0.3, 0.4) is 0 Å². The fourth-order valence-corrected chi connectivity index (χ4v) is 3.34. The second-order valence-electron chi connectivity index (χ2n) is 7.57. The standard InChI is InChI=1S/C23H22N4O9/c1-2-35-22(31)14-7-9-16(10-8-14)24-19(28)13-36-23(32)15-11-20(29)26(12-15)25-21(30)17-5-3-4-6-18(17)27(33)34/h3-10,15H,2,11-13H2,1H3,(H,24,28)(H,25,30)/t15-/m0/s1. The van der Waals surface area contributed by atoms with E-state index in [1.165, 1.54) is 42.5 Å². The third kappa shape index (κ3) is 6.40. The first-order valence-corrected chi connectivity index (χ1v) is 10.8. The number of hydrazine groups is 1. The number of hydrogen-bond acceptors (Lipinski definition) is 9. The first-order valence-electron chi connectivity index (χ1n) is 10.8. The van der Waals surface area contributed by atoms with Gasteiger partial charge in [0.05, 0.1) is 29.6 Å². The maximum atomic E-state index is 12.4. The molecule has 1 aliphatic heterocycles. The van der Waals surface area contributed by atoms with Crippen molar-refractivity contribution < 1.29 is 38.4 Å². The Balaban J connectivity index is 1.49. The average molecular weight is 498 g/mol. The van der Waals surface area contributed by atoms with E-state index in [9.17, 15) is 34.1 Å². The van der Waals surface area contributed by atoms with Gasteiger partial charge in [0.2, 0.25) is 5.91 Å². The van der Waals surface area contributed by atoms with E-state index in [-0.39, 0.29) is 25.1 Å². The molecule has 3 rings (SSSR count). The molecule has 1 aliphatic rings. The molecule has 0 unspecified atom stereocenters. The lowest BCUT2D eigenvalue weighted by Gasteiger charge is -2.17. The number of amides is 3. The summed E-state index contributed by atoms with van der Waals surface area (Å²) in [4.78, 5) is 71.1. The number of ether oxygens (including phenoxy) is 2. The second kappa shape index (κ2) is 11.6. The zero-order chi connectivity index (χ0) is 26.2. The van der Waals surface area contributed by atoms with Gasteiger partial charge in [-0.15, -0.1) is 0 Å². The van der Waals surface area contributed by atoms with Crippen molar-refractivity contribution in [3.8, 4) is 0 Å². The number of hydrogen-bond donors (Lipinski definition) is 2. The maximum absolute atomic E-state index is 12.4. The smallest absolute Gasteiger partial charge is 0.338 e. The Bertz CT molecular complexity index is 1200. The summed E-state index contributed by atoms with van der Waals surface area (Å²) in [6.07, 6.45) is -0.271. The number of anilines is 1. The van der Waals surface area contributed by atoms with Crippen LogP contribution in [0.25, 0.3) is 0 Å². The Labute approximate surface area is 204 Å². The Morgan fingerprint density at radius 3 is 2.44 bits per heavy atom. The fraction of sp³-hybridized carbons (Fsp3) is 0.261. The minimum atomic E-state index is -0.944. The molecule has 188 valence electrons. The molecule has 36 heavy (non-hydrogen) atoms. The molecule has 2 aromatic rings. The van der Waals surface area contributed by atoms with Gasteiger partial charge >= 0.3 is 11.9 Å². The molecule has 0 aromatic heterocycles. The molecule has 3 amide bonds. The highest BCUT2D eigenvalue weighted by molar-refractivity contribution is 6.00. The molecule has 0 radical (unpaired) electrons. The Hall–Kier alpha value is -4.81. The predicted molar refractivity (Wildman–Crippen MR) is 122 cm³/mol. The number of carbonyl (C=O) groups is 5. The highest BCUT2D eigenvalue weighted by Gasteiger charge is 2.37. The van der Waals surface area contributed by atoms with Crippen LogP contribution in [-0.4, -0.2) is 59.4 Å². The summed E-state index contributed by atoms with van der Waals surface area (Å²) >= 11 is 0. The number of nitrogens with zero attached hydrogens (tertiary/aromatic N) is 2. The molecule has 2 aromatic carbocycles. The van der Waals surface area contributed by atoms with Gasteiger partial charge in [0, 0.05) is 18.2 Å². The zero-order valence-electron chi connectivity index (χ0n) is 19.1. The highest BCUT2D eigenvalue weighted by atomic mass is 16.6. The average Bonchev–Trinajstić information content (AvgIpc) is 3.23. The molecule has 2 N–H and O–H groups in total. The number of nitro groups is 1. The van der Waals surface area contributed by atoms with Crippen molar-refractivity contribution >= 4 is 41.0 Å². The van der Waals surface area contributed by atoms with Gasteiger partial charge in [-0.2, -0.15) is 0 Å². The van der Waals surface area contributed by atoms with Gasteiger partial charge in [-0.1, -0.05) is 12.1 Å². The number of rotatable bonds is 9. The van der Waals surface area contributed by atoms with E-state index in [0.717, 1.165) is 11.1 Å². The SMILES string of the molecule is CCOC(=O)c1ccc(NC(=O)COC(=O)[C@H]2CC(=O)N(NC(=O)c3ccccc3[N+](=O)[O-])C2)cc1. The quantitative estimate of drug-likeness (QED) is 0.294. The van der Waals surface area contributed by atoms with E-state index in [4.69, 9.17) is 9.47 Å². The molecule has 13 nitrogen and oxygen atoms in total. The largest absolute Gasteiger partial charge is 0.462 e. The van der Waals surface area contributed by atoms with Crippen LogP contribution in [0.2, 0.25) is 0 Å². The van der Waals surface area contributed by atoms with Gasteiger partial charge in [-0.25, -0.2) is 4.79 Å². The molecule has 1 heterocycles. The van der Waals surface area contributed by atoms with Crippen molar-refractivity contribution in [3.05, 3.63) is 69.8 Å². The Kier molecular flexibility index (Phi) is 8.28. The number of nitrogens with one attached hydrogen (secondary N) is 2. The van der Waals surface area contributed by atoms with E-state index >= 15 is 0 Å². The van der Waals surface area contributed by atoms with E-state index in [0.29, 0.717) is 11.3 Å². The molecule has 0 aliphatic carbocycles. The van der Waals surface area contributed by atoms with Crippen LogP contribution in [0.15, 0.2) is 48.5 Å². The van der Waals surface area contributed by atoms with Crippen LogP contribution >= 0.6 is 0 Å². The van der Waals surface area contributed by atoms with Gasteiger partial charge in [0.15, 0.2) is 6.61 Å². The highest BCUT2D eigenvalue weighted by Crippen LogP contribution is 2.21. The summed E-state index contributed by atoms with van der Waals surface area (Å²) in [5.74, 6) is -4.37. The molecule has 1 atom stereocenters. The third-order valence-electron chi connectivity index (χ3n) is 5.07. The van der Waals surface area contributed by atoms with Crippen LogP contribution in [0.5, 0.6) is 0 Å². The van der Waals surface area contributed by atoms with Crippen molar-refractivity contribution in [2.45, 2.75) is 13.3 Å². The summed E-state index contributed by atoms with van der Waals surface area (Å²) in [5.41, 5.74) is 2.27. The van der Waals surface area contributed by atoms with Crippen LogP contribution in [0.1, 0.15) is 34.1 Å². The lowest BCUT2D eigenvalue weighted by atomic mass is 10.1. The normalized spacial score (nSPS) is 14.6. The molecule has 0 saturated carbocycles. The van der Waals surface area contributed by atoms with Crippen molar-refractivity contribution in [1.82, 2.24) is 10.4 Å². The predicted octanol–water partition coefficient (Wildman–Crippen LogP) is 1.45. The van der Waals surface area contributed by atoms with Crippen LogP contribution in [0, 0.1) is 16.0 Å². The molecule has 0 spiro atoms. The summed E-state index contributed by atoms with van der Waals surface area (Å²) in [7, 11) is 0.